The second kappa shape index (κ2) is 8.85. The van der Waals surface area contributed by atoms with Crippen molar-refractivity contribution in [3.05, 3.63) is 133 Å². The van der Waals surface area contributed by atoms with Crippen molar-refractivity contribution >= 4 is 72.0 Å². The minimum atomic E-state index is 0.596. The number of rotatable bonds is 4. The van der Waals surface area contributed by atoms with Crippen molar-refractivity contribution in [2.75, 3.05) is 4.90 Å². The lowest BCUT2D eigenvalue weighted by Crippen LogP contribution is -2.09. The van der Waals surface area contributed by atoms with Crippen LogP contribution in [-0.2, 0) is 0 Å². The molecule has 0 unspecified atom stereocenters. The van der Waals surface area contributed by atoms with Crippen molar-refractivity contribution in [3.8, 4) is 11.5 Å². The van der Waals surface area contributed by atoms with Crippen LogP contribution >= 0.6 is 0 Å². The third kappa shape index (κ3) is 3.40. The summed E-state index contributed by atoms with van der Waals surface area (Å²) in [6.07, 6.45) is 0. The largest absolute Gasteiger partial charge is 0.456 e. The molecular weight excluding hydrogens is 520 g/mol. The van der Waals surface area contributed by atoms with Gasteiger partial charge in [-0.05, 0) is 60.7 Å². The average Bonchev–Trinajstić information content (AvgIpc) is 3.75. The molecule has 198 valence electrons. The number of hydrogen-bond donors (Lipinski definition) is 0. The molecule has 3 aromatic heterocycles. The molecule has 9 rings (SSSR count). The van der Waals surface area contributed by atoms with Crippen LogP contribution in [0.5, 0.6) is 0 Å². The molecule has 0 fully saturated rings. The van der Waals surface area contributed by atoms with Gasteiger partial charge in [-0.25, -0.2) is 4.98 Å². The Labute approximate surface area is 239 Å². The van der Waals surface area contributed by atoms with E-state index in [4.69, 9.17) is 18.2 Å². The molecule has 3 heterocycles. The van der Waals surface area contributed by atoms with Gasteiger partial charge in [0.05, 0.1) is 16.8 Å². The predicted molar refractivity (Wildman–Crippen MR) is 169 cm³/mol. The molecule has 0 amide bonds. The van der Waals surface area contributed by atoms with Gasteiger partial charge in [0.25, 0.3) is 0 Å². The summed E-state index contributed by atoms with van der Waals surface area (Å²) in [4.78, 5) is 7.11. The molecule has 5 heteroatoms. The van der Waals surface area contributed by atoms with Crippen LogP contribution in [0.4, 0.5) is 17.1 Å². The lowest BCUT2D eigenvalue weighted by Gasteiger charge is -2.25. The van der Waals surface area contributed by atoms with Gasteiger partial charge in [-0.3, -0.25) is 0 Å². The second-order valence-corrected chi connectivity index (χ2v) is 10.4. The highest BCUT2D eigenvalue weighted by Gasteiger charge is 2.21. The number of aromatic nitrogens is 1. The van der Waals surface area contributed by atoms with Crippen molar-refractivity contribution in [1.29, 1.82) is 0 Å². The SMILES string of the molecule is c1ccc(-c2nc3c(ccc4oc5cc(N(c6ccccc6)c6cccc7c6oc6ccccc67)ccc5c43)o2)cc1. The highest BCUT2D eigenvalue weighted by atomic mass is 16.4. The van der Waals surface area contributed by atoms with Gasteiger partial charge in [0, 0.05) is 33.5 Å². The summed E-state index contributed by atoms with van der Waals surface area (Å²) in [5, 5.41) is 4.12. The summed E-state index contributed by atoms with van der Waals surface area (Å²) in [5.41, 5.74) is 8.66. The topological polar surface area (TPSA) is 55.6 Å². The minimum absolute atomic E-state index is 0.596. The van der Waals surface area contributed by atoms with E-state index in [-0.39, 0.29) is 0 Å². The smallest absolute Gasteiger partial charge is 0.227 e. The zero-order valence-corrected chi connectivity index (χ0v) is 22.3. The van der Waals surface area contributed by atoms with Crippen LogP contribution in [0, 0.1) is 0 Å². The van der Waals surface area contributed by atoms with Crippen LogP contribution in [0.15, 0.2) is 147 Å². The van der Waals surface area contributed by atoms with Crippen molar-refractivity contribution in [2.45, 2.75) is 0 Å². The van der Waals surface area contributed by atoms with Gasteiger partial charge < -0.3 is 18.2 Å². The number of furan rings is 2. The molecule has 0 aliphatic heterocycles. The number of hydrogen-bond acceptors (Lipinski definition) is 5. The second-order valence-electron chi connectivity index (χ2n) is 10.4. The summed E-state index contributed by atoms with van der Waals surface area (Å²) in [5.74, 6) is 0.596. The van der Waals surface area contributed by atoms with E-state index in [0.29, 0.717) is 5.89 Å². The first kappa shape index (κ1) is 22.9. The first-order valence-corrected chi connectivity index (χ1v) is 13.9. The van der Waals surface area contributed by atoms with Crippen LogP contribution in [0.3, 0.4) is 0 Å². The maximum absolute atomic E-state index is 6.45. The molecule has 0 spiro atoms. The van der Waals surface area contributed by atoms with Crippen molar-refractivity contribution in [1.82, 2.24) is 4.98 Å². The summed E-state index contributed by atoms with van der Waals surface area (Å²) in [7, 11) is 0. The Balaban J connectivity index is 1.26. The van der Waals surface area contributed by atoms with Gasteiger partial charge in [0.15, 0.2) is 11.2 Å². The van der Waals surface area contributed by atoms with E-state index in [0.717, 1.165) is 77.6 Å². The van der Waals surface area contributed by atoms with Crippen LogP contribution in [0.2, 0.25) is 0 Å². The molecule has 0 saturated heterocycles. The van der Waals surface area contributed by atoms with E-state index in [2.05, 4.69) is 59.5 Å². The number of nitrogens with zero attached hydrogens (tertiary/aromatic N) is 2. The van der Waals surface area contributed by atoms with Crippen molar-refractivity contribution in [3.63, 3.8) is 0 Å². The highest BCUT2D eigenvalue weighted by molar-refractivity contribution is 6.17. The Kier molecular flexibility index (Phi) is 4.83. The Morgan fingerprint density at radius 1 is 0.476 bits per heavy atom. The summed E-state index contributed by atoms with van der Waals surface area (Å²) >= 11 is 0. The first-order chi connectivity index (χ1) is 20.8. The number of anilines is 3. The Hall–Kier alpha value is -5.81. The van der Waals surface area contributed by atoms with Crippen LogP contribution in [0.1, 0.15) is 0 Å². The molecule has 6 aromatic carbocycles. The van der Waals surface area contributed by atoms with E-state index < -0.39 is 0 Å². The fraction of sp³-hybridized carbons (Fsp3) is 0. The van der Waals surface area contributed by atoms with E-state index >= 15 is 0 Å². The molecular formula is C37H22N2O3. The zero-order valence-electron chi connectivity index (χ0n) is 22.3. The zero-order chi connectivity index (χ0) is 27.6. The van der Waals surface area contributed by atoms with Crippen LogP contribution < -0.4 is 4.90 Å². The first-order valence-electron chi connectivity index (χ1n) is 13.9. The molecule has 0 N–H and O–H groups in total. The third-order valence-corrected chi connectivity index (χ3v) is 7.89. The Morgan fingerprint density at radius 2 is 1.24 bits per heavy atom. The third-order valence-electron chi connectivity index (χ3n) is 7.89. The van der Waals surface area contributed by atoms with E-state index in [1.54, 1.807) is 0 Å². The molecule has 0 aliphatic rings. The number of para-hydroxylation sites is 3. The minimum Gasteiger partial charge on any atom is -0.456 e. The number of oxazole rings is 1. The molecule has 0 radical (unpaired) electrons. The molecule has 42 heavy (non-hydrogen) atoms. The highest BCUT2D eigenvalue weighted by Crippen LogP contribution is 2.44. The standard InChI is InChI=1S/C37H22N2O3/c1-3-10-23(11-4-1)37-38-35-32(42-37)21-20-31-34(35)28-19-18-25(22-33(28)40-31)39(24-12-5-2-6-13-24)29-16-9-15-27-26-14-7-8-17-30(26)41-36(27)29/h1-22H. The van der Waals surface area contributed by atoms with E-state index in [1.807, 2.05) is 78.9 Å². The molecule has 0 bridgehead atoms. The maximum atomic E-state index is 6.45. The molecule has 0 saturated carbocycles. The lowest BCUT2D eigenvalue weighted by atomic mass is 10.1. The molecule has 0 atom stereocenters. The van der Waals surface area contributed by atoms with Gasteiger partial charge >= 0.3 is 0 Å². The van der Waals surface area contributed by atoms with Gasteiger partial charge in [-0.15, -0.1) is 0 Å². The monoisotopic (exact) mass is 542 g/mol. The van der Waals surface area contributed by atoms with E-state index in [1.165, 1.54) is 0 Å². The Bertz CT molecular complexity index is 2420. The van der Waals surface area contributed by atoms with E-state index in [9.17, 15) is 0 Å². The predicted octanol–water partition coefficient (Wildman–Crippen LogP) is 10.8. The lowest BCUT2D eigenvalue weighted by molar-refractivity contribution is 0.619. The normalized spacial score (nSPS) is 11.8. The average molecular weight is 543 g/mol. The molecule has 9 aromatic rings. The van der Waals surface area contributed by atoms with Gasteiger partial charge in [-0.2, -0.15) is 0 Å². The van der Waals surface area contributed by atoms with Crippen molar-refractivity contribution in [2.24, 2.45) is 0 Å². The van der Waals surface area contributed by atoms with Crippen LogP contribution in [0.25, 0.3) is 66.4 Å². The van der Waals surface area contributed by atoms with Gasteiger partial charge in [0.1, 0.15) is 22.3 Å². The summed E-state index contributed by atoms with van der Waals surface area (Å²) < 4.78 is 19.0. The van der Waals surface area contributed by atoms with Crippen LogP contribution in [-0.4, -0.2) is 4.98 Å². The summed E-state index contributed by atoms with van der Waals surface area (Å²) in [6.45, 7) is 0. The fourth-order valence-corrected chi connectivity index (χ4v) is 6.00. The number of fused-ring (bicyclic) bond motifs is 8. The Morgan fingerprint density at radius 3 is 2.12 bits per heavy atom. The number of benzene rings is 6. The quantitative estimate of drug-likeness (QED) is 0.221. The van der Waals surface area contributed by atoms with Gasteiger partial charge in [-0.1, -0.05) is 66.7 Å². The molecule has 0 aliphatic carbocycles. The summed E-state index contributed by atoms with van der Waals surface area (Å²) in [6, 6.07) is 45.0. The van der Waals surface area contributed by atoms with Crippen molar-refractivity contribution < 1.29 is 13.3 Å². The van der Waals surface area contributed by atoms with Gasteiger partial charge in [0.2, 0.25) is 5.89 Å². The maximum Gasteiger partial charge on any atom is 0.227 e. The molecule has 5 nitrogen and oxygen atoms in total. The fourth-order valence-electron chi connectivity index (χ4n) is 6.00.